The Morgan fingerprint density at radius 3 is 2.71 bits per heavy atom. The van der Waals surface area contributed by atoms with Crippen LogP contribution in [0.5, 0.6) is 0 Å². The predicted octanol–water partition coefficient (Wildman–Crippen LogP) is 3.02. The van der Waals surface area contributed by atoms with Crippen LogP contribution in [0.3, 0.4) is 0 Å². The summed E-state index contributed by atoms with van der Waals surface area (Å²) in [6.45, 7) is 0. The minimum absolute atomic E-state index is 0.0891. The Labute approximate surface area is 104 Å². The molecule has 0 spiro atoms. The van der Waals surface area contributed by atoms with Gasteiger partial charge in [0.25, 0.3) is 0 Å². The van der Waals surface area contributed by atoms with E-state index in [2.05, 4.69) is 9.72 Å². The highest BCUT2D eigenvalue weighted by Crippen LogP contribution is 2.32. The number of nitrogens with zero attached hydrogens (tertiary/aromatic N) is 1. The molecule has 0 saturated heterocycles. The lowest BCUT2D eigenvalue weighted by molar-refractivity contribution is -0.141. The Morgan fingerprint density at radius 1 is 1.53 bits per heavy atom. The molecule has 0 saturated carbocycles. The van der Waals surface area contributed by atoms with Crippen LogP contribution in [0.2, 0.25) is 5.15 Å². The van der Waals surface area contributed by atoms with Crippen LogP contribution >= 0.6 is 23.4 Å². The molecule has 0 aromatic carbocycles. The highest BCUT2D eigenvalue weighted by molar-refractivity contribution is 8.00. The molecule has 94 valence electrons. The molecule has 17 heavy (non-hydrogen) atoms. The molecule has 0 fully saturated rings. The first-order valence-corrected chi connectivity index (χ1v) is 5.63. The summed E-state index contributed by atoms with van der Waals surface area (Å²) >= 11 is 6.36. The first-order chi connectivity index (χ1) is 7.82. The average molecular weight is 286 g/mol. The van der Waals surface area contributed by atoms with Crippen LogP contribution in [0.1, 0.15) is 5.69 Å². The number of rotatable bonds is 3. The standard InChI is InChI=1S/C9H7ClF3NO2S/c1-16-8(15)4-17-5-2-6(9(11,12)13)14-7(10)3-5/h2-3H,4H2,1H3. The van der Waals surface area contributed by atoms with Gasteiger partial charge >= 0.3 is 12.1 Å². The number of pyridine rings is 1. The van der Waals surface area contributed by atoms with E-state index >= 15 is 0 Å². The molecule has 0 N–H and O–H groups in total. The van der Waals surface area contributed by atoms with Gasteiger partial charge in [-0.2, -0.15) is 13.2 Å². The lowest BCUT2D eigenvalue weighted by Crippen LogP contribution is -2.08. The number of carbonyl (C=O) groups excluding carboxylic acids is 1. The minimum Gasteiger partial charge on any atom is -0.468 e. The minimum atomic E-state index is -4.56. The van der Waals surface area contributed by atoms with Gasteiger partial charge in [0.2, 0.25) is 0 Å². The van der Waals surface area contributed by atoms with Gasteiger partial charge in [-0.05, 0) is 12.1 Å². The summed E-state index contributed by atoms with van der Waals surface area (Å²) in [5.74, 6) is -0.620. The van der Waals surface area contributed by atoms with Crippen LogP contribution < -0.4 is 0 Å². The van der Waals surface area contributed by atoms with Gasteiger partial charge < -0.3 is 4.74 Å². The second-order valence-corrected chi connectivity index (χ2v) is 4.31. The van der Waals surface area contributed by atoms with Crippen molar-refractivity contribution < 1.29 is 22.7 Å². The van der Waals surface area contributed by atoms with Crippen LogP contribution in [0, 0.1) is 0 Å². The quantitative estimate of drug-likeness (QED) is 0.486. The summed E-state index contributed by atoms with van der Waals surface area (Å²) in [5, 5.41) is -0.271. The predicted molar refractivity (Wildman–Crippen MR) is 57.0 cm³/mol. The Kier molecular flexibility index (Phi) is 4.64. The van der Waals surface area contributed by atoms with Crippen molar-refractivity contribution in [2.24, 2.45) is 0 Å². The van der Waals surface area contributed by atoms with Crippen molar-refractivity contribution in [1.82, 2.24) is 4.98 Å². The van der Waals surface area contributed by atoms with Crippen LogP contribution in [0.4, 0.5) is 13.2 Å². The molecule has 1 aromatic heterocycles. The van der Waals surface area contributed by atoms with E-state index in [-0.39, 0.29) is 15.8 Å². The van der Waals surface area contributed by atoms with Gasteiger partial charge in [-0.15, -0.1) is 11.8 Å². The molecule has 0 atom stereocenters. The molecule has 0 unspecified atom stereocenters. The summed E-state index contributed by atoms with van der Waals surface area (Å²) in [5.41, 5.74) is -1.09. The second kappa shape index (κ2) is 5.59. The summed E-state index contributed by atoms with van der Waals surface area (Å²) in [6, 6.07) is 2.09. The van der Waals surface area contributed by atoms with Crippen molar-refractivity contribution in [2.75, 3.05) is 12.9 Å². The number of hydrogen-bond acceptors (Lipinski definition) is 4. The summed E-state index contributed by atoms with van der Waals surface area (Å²) in [4.78, 5) is 14.2. The molecule has 0 aliphatic rings. The number of aromatic nitrogens is 1. The third-order valence-electron chi connectivity index (χ3n) is 1.64. The van der Waals surface area contributed by atoms with Gasteiger partial charge in [0.1, 0.15) is 10.8 Å². The highest BCUT2D eigenvalue weighted by atomic mass is 35.5. The summed E-state index contributed by atoms with van der Waals surface area (Å²) in [6.07, 6.45) is -4.56. The molecule has 0 bridgehead atoms. The molecular formula is C9H7ClF3NO2S. The Morgan fingerprint density at radius 2 is 2.18 bits per heavy atom. The molecule has 0 amide bonds. The Hall–Kier alpha value is -0.950. The molecule has 0 radical (unpaired) electrons. The number of hydrogen-bond donors (Lipinski definition) is 0. The van der Waals surface area contributed by atoms with Crippen LogP contribution in [0.15, 0.2) is 17.0 Å². The molecule has 3 nitrogen and oxygen atoms in total. The normalized spacial score (nSPS) is 11.4. The van der Waals surface area contributed by atoms with Crippen molar-refractivity contribution in [3.8, 4) is 0 Å². The van der Waals surface area contributed by atoms with Gasteiger partial charge in [-0.3, -0.25) is 4.79 Å². The van der Waals surface area contributed by atoms with E-state index in [1.165, 1.54) is 13.2 Å². The number of halogens is 4. The van der Waals surface area contributed by atoms with Crippen molar-refractivity contribution >= 4 is 29.3 Å². The van der Waals surface area contributed by atoms with Gasteiger partial charge in [0, 0.05) is 4.90 Å². The Bertz CT molecular complexity index is 425. The van der Waals surface area contributed by atoms with Gasteiger partial charge in [0.05, 0.1) is 12.9 Å². The molecule has 8 heteroatoms. The maximum Gasteiger partial charge on any atom is 0.433 e. The van der Waals surface area contributed by atoms with Gasteiger partial charge in [-0.25, -0.2) is 4.98 Å². The first kappa shape index (κ1) is 14.1. The maximum atomic E-state index is 12.4. The zero-order valence-corrected chi connectivity index (χ0v) is 10.1. The summed E-state index contributed by atoms with van der Waals surface area (Å²) in [7, 11) is 1.20. The highest BCUT2D eigenvalue weighted by Gasteiger charge is 2.33. The van der Waals surface area contributed by atoms with E-state index in [1.807, 2.05) is 0 Å². The number of thioether (sulfide) groups is 1. The third kappa shape index (κ3) is 4.43. The van der Waals surface area contributed by atoms with Crippen LogP contribution in [-0.2, 0) is 15.7 Å². The van der Waals surface area contributed by atoms with E-state index in [1.54, 1.807) is 0 Å². The second-order valence-electron chi connectivity index (χ2n) is 2.87. The lowest BCUT2D eigenvalue weighted by Gasteiger charge is -2.08. The zero-order valence-electron chi connectivity index (χ0n) is 8.55. The van der Waals surface area contributed by atoms with E-state index in [9.17, 15) is 18.0 Å². The van der Waals surface area contributed by atoms with Crippen LogP contribution in [0.25, 0.3) is 0 Å². The lowest BCUT2D eigenvalue weighted by atomic mass is 10.3. The molecular weight excluding hydrogens is 279 g/mol. The number of alkyl halides is 3. The van der Waals surface area contributed by atoms with Crippen molar-refractivity contribution in [1.29, 1.82) is 0 Å². The van der Waals surface area contributed by atoms with E-state index < -0.39 is 17.8 Å². The smallest absolute Gasteiger partial charge is 0.433 e. The van der Waals surface area contributed by atoms with Gasteiger partial charge in [0.15, 0.2) is 0 Å². The SMILES string of the molecule is COC(=O)CSc1cc(Cl)nc(C(F)(F)F)c1. The molecule has 1 rings (SSSR count). The molecule has 0 aliphatic heterocycles. The van der Waals surface area contributed by atoms with Gasteiger partial charge in [-0.1, -0.05) is 11.6 Å². The number of esters is 1. The topological polar surface area (TPSA) is 39.2 Å². The number of ether oxygens (including phenoxy) is 1. The summed E-state index contributed by atoms with van der Waals surface area (Å²) < 4.78 is 41.5. The largest absolute Gasteiger partial charge is 0.468 e. The fourth-order valence-electron chi connectivity index (χ4n) is 0.903. The fraction of sp³-hybridized carbons (Fsp3) is 0.333. The number of methoxy groups -OCH3 is 1. The zero-order chi connectivity index (χ0) is 13.1. The third-order valence-corrected chi connectivity index (χ3v) is 2.79. The van der Waals surface area contributed by atoms with Crippen molar-refractivity contribution in [2.45, 2.75) is 11.1 Å². The molecule has 0 aliphatic carbocycles. The first-order valence-electron chi connectivity index (χ1n) is 4.27. The maximum absolute atomic E-state index is 12.4. The van der Waals surface area contributed by atoms with Crippen molar-refractivity contribution in [3.05, 3.63) is 23.0 Å². The van der Waals surface area contributed by atoms with E-state index in [0.29, 0.717) is 0 Å². The monoisotopic (exact) mass is 285 g/mol. The molecule has 1 heterocycles. The van der Waals surface area contributed by atoms with E-state index in [0.717, 1.165) is 17.8 Å². The average Bonchev–Trinajstić information content (AvgIpc) is 2.24. The molecule has 1 aromatic rings. The Balaban J connectivity index is 2.87. The fourth-order valence-corrected chi connectivity index (χ4v) is 1.97. The van der Waals surface area contributed by atoms with Crippen LogP contribution in [-0.4, -0.2) is 23.8 Å². The van der Waals surface area contributed by atoms with Crippen molar-refractivity contribution in [3.63, 3.8) is 0 Å². The van der Waals surface area contributed by atoms with E-state index in [4.69, 9.17) is 11.6 Å². The number of carbonyl (C=O) groups is 1.